The molecular weight excluding hydrogens is 508 g/mol. The van der Waals surface area contributed by atoms with Gasteiger partial charge in [0, 0.05) is 49.4 Å². The summed E-state index contributed by atoms with van der Waals surface area (Å²) >= 11 is 0. The monoisotopic (exact) mass is 538 g/mol. The minimum absolute atomic E-state index is 0.120. The third kappa shape index (κ3) is 4.50. The molecule has 6 rings (SSSR count). The highest BCUT2D eigenvalue weighted by molar-refractivity contribution is 7.88. The number of fused-ring (bicyclic) bond motifs is 2. The maximum atomic E-state index is 13.6. The molecular formula is C25H30N8O4S. The number of nitrogens with one attached hydrogen (secondary N) is 2. The number of nitrogens with zero attached hydrogens (tertiary/aromatic N) is 6. The van der Waals surface area contributed by atoms with Crippen LogP contribution in [0.5, 0.6) is 0 Å². The van der Waals surface area contributed by atoms with Crippen molar-refractivity contribution in [1.29, 1.82) is 0 Å². The van der Waals surface area contributed by atoms with E-state index in [1.54, 1.807) is 6.20 Å². The number of rotatable bonds is 5. The number of carbonyl (C=O) groups excluding carboxylic acids is 1. The van der Waals surface area contributed by atoms with Gasteiger partial charge in [0.25, 0.3) is 5.91 Å². The Kier molecular flexibility index (Phi) is 6.28. The number of aromatic amines is 1. The van der Waals surface area contributed by atoms with Crippen LogP contribution in [0, 0.1) is 6.92 Å². The number of hydrogen-bond acceptors (Lipinski definition) is 8. The molecule has 0 radical (unpaired) electrons. The molecule has 38 heavy (non-hydrogen) atoms. The molecule has 0 saturated carbocycles. The quantitative estimate of drug-likeness (QED) is 0.391. The van der Waals surface area contributed by atoms with Crippen molar-refractivity contribution in [3.63, 3.8) is 0 Å². The molecule has 1 aromatic carbocycles. The number of aryl methyl sites for hydroxylation is 1. The van der Waals surface area contributed by atoms with Crippen molar-refractivity contribution in [2.45, 2.75) is 25.8 Å². The highest BCUT2D eigenvalue weighted by atomic mass is 32.2. The number of amides is 1. The average molecular weight is 539 g/mol. The van der Waals surface area contributed by atoms with Crippen LogP contribution >= 0.6 is 0 Å². The molecule has 2 aliphatic rings. The van der Waals surface area contributed by atoms with Crippen molar-refractivity contribution in [2.75, 3.05) is 50.5 Å². The van der Waals surface area contributed by atoms with E-state index >= 15 is 0 Å². The van der Waals surface area contributed by atoms with Crippen LogP contribution < -0.4 is 10.2 Å². The van der Waals surface area contributed by atoms with E-state index in [2.05, 4.69) is 20.4 Å². The van der Waals surface area contributed by atoms with Crippen molar-refractivity contribution in [1.82, 2.24) is 34.2 Å². The topological polar surface area (TPSA) is 138 Å². The average Bonchev–Trinajstić information content (AvgIpc) is 3.52. The van der Waals surface area contributed by atoms with Crippen LogP contribution in [0.3, 0.4) is 0 Å². The minimum atomic E-state index is -3.24. The Labute approximate surface area is 220 Å². The Balaban J connectivity index is 1.40. The molecule has 5 heterocycles. The lowest BCUT2D eigenvalue weighted by Gasteiger charge is -2.30. The van der Waals surface area contributed by atoms with Crippen molar-refractivity contribution in [3.05, 3.63) is 42.0 Å². The van der Waals surface area contributed by atoms with Gasteiger partial charge in [-0.15, -0.1) is 0 Å². The molecule has 3 aromatic heterocycles. The zero-order chi connectivity index (χ0) is 26.4. The van der Waals surface area contributed by atoms with Crippen LogP contribution in [0.15, 0.2) is 30.6 Å². The van der Waals surface area contributed by atoms with E-state index in [0.717, 1.165) is 16.5 Å². The maximum Gasteiger partial charge on any atom is 0.270 e. The maximum absolute atomic E-state index is 13.6. The Morgan fingerprint density at radius 1 is 1.13 bits per heavy atom. The van der Waals surface area contributed by atoms with Gasteiger partial charge in [-0.2, -0.15) is 5.10 Å². The molecule has 2 saturated heterocycles. The number of ether oxygens (including phenoxy) is 1. The summed E-state index contributed by atoms with van der Waals surface area (Å²) in [4.78, 5) is 25.6. The predicted molar refractivity (Wildman–Crippen MR) is 143 cm³/mol. The lowest BCUT2D eigenvalue weighted by molar-refractivity contribution is 0.0917. The zero-order valence-electron chi connectivity index (χ0n) is 21.3. The van der Waals surface area contributed by atoms with Crippen molar-refractivity contribution >= 4 is 38.3 Å². The first kappa shape index (κ1) is 24.8. The second-order valence-corrected chi connectivity index (χ2v) is 11.8. The van der Waals surface area contributed by atoms with Gasteiger partial charge in [-0.3, -0.25) is 14.3 Å². The van der Waals surface area contributed by atoms with Gasteiger partial charge in [-0.1, -0.05) is 12.1 Å². The zero-order valence-corrected chi connectivity index (χ0v) is 22.2. The molecule has 2 aliphatic heterocycles. The summed E-state index contributed by atoms with van der Waals surface area (Å²) in [7, 11) is -3.24. The van der Waals surface area contributed by atoms with Crippen molar-refractivity contribution < 1.29 is 17.9 Å². The highest BCUT2D eigenvalue weighted by Gasteiger charge is 2.29. The fraction of sp³-hybridized carbons (Fsp3) is 0.440. The van der Waals surface area contributed by atoms with Gasteiger partial charge in [0.1, 0.15) is 5.69 Å². The SMILES string of the molecule is Cc1nc2c(N3CCOCC3)nc(-c3cccc4[nH]ncc34)cn2c1C(=O)NC1CCN(S(C)(=O)=O)CC1. The lowest BCUT2D eigenvalue weighted by atomic mass is 10.1. The molecule has 200 valence electrons. The number of carbonyl (C=O) groups is 1. The number of anilines is 1. The Morgan fingerprint density at radius 2 is 1.89 bits per heavy atom. The highest BCUT2D eigenvalue weighted by Crippen LogP contribution is 2.31. The predicted octanol–water partition coefficient (Wildman–Crippen LogP) is 1.57. The number of aromatic nitrogens is 5. The first-order chi connectivity index (χ1) is 18.3. The molecule has 4 aromatic rings. The van der Waals surface area contributed by atoms with E-state index < -0.39 is 10.0 Å². The van der Waals surface area contributed by atoms with Gasteiger partial charge in [0.2, 0.25) is 10.0 Å². The normalized spacial score (nSPS) is 17.9. The third-order valence-electron chi connectivity index (χ3n) is 7.31. The molecule has 0 spiro atoms. The molecule has 0 bridgehead atoms. The summed E-state index contributed by atoms with van der Waals surface area (Å²) in [6.45, 7) is 5.14. The van der Waals surface area contributed by atoms with Crippen LogP contribution in [0.2, 0.25) is 0 Å². The molecule has 1 amide bonds. The molecule has 2 N–H and O–H groups in total. The second kappa shape index (κ2) is 9.64. The molecule has 13 heteroatoms. The van der Waals surface area contributed by atoms with Gasteiger partial charge >= 0.3 is 0 Å². The van der Waals surface area contributed by atoms with Crippen LogP contribution in [0.25, 0.3) is 27.8 Å². The fourth-order valence-electron chi connectivity index (χ4n) is 5.31. The second-order valence-electron chi connectivity index (χ2n) is 9.84. The van der Waals surface area contributed by atoms with E-state index in [1.165, 1.54) is 10.6 Å². The van der Waals surface area contributed by atoms with Crippen LogP contribution in [0.1, 0.15) is 29.0 Å². The summed E-state index contributed by atoms with van der Waals surface area (Å²) in [5, 5.41) is 11.3. The van der Waals surface area contributed by atoms with E-state index in [0.29, 0.717) is 80.8 Å². The van der Waals surface area contributed by atoms with Crippen molar-refractivity contribution in [2.24, 2.45) is 0 Å². The van der Waals surface area contributed by atoms with E-state index in [-0.39, 0.29) is 11.9 Å². The fourth-order valence-corrected chi connectivity index (χ4v) is 6.19. The molecule has 0 unspecified atom stereocenters. The first-order valence-electron chi connectivity index (χ1n) is 12.7. The van der Waals surface area contributed by atoms with Crippen LogP contribution in [-0.4, -0.2) is 94.9 Å². The van der Waals surface area contributed by atoms with Gasteiger partial charge < -0.3 is 15.0 Å². The number of H-pyrrole nitrogens is 1. The number of hydrogen-bond donors (Lipinski definition) is 2. The minimum Gasteiger partial charge on any atom is -0.378 e. The number of sulfonamides is 1. The number of imidazole rings is 1. The molecule has 2 fully saturated rings. The lowest BCUT2D eigenvalue weighted by Crippen LogP contribution is -2.46. The Morgan fingerprint density at radius 3 is 2.63 bits per heavy atom. The smallest absolute Gasteiger partial charge is 0.270 e. The summed E-state index contributed by atoms with van der Waals surface area (Å²) < 4.78 is 32.6. The van der Waals surface area contributed by atoms with Gasteiger partial charge in [-0.05, 0) is 25.8 Å². The summed E-state index contributed by atoms with van der Waals surface area (Å²) in [6, 6.07) is 5.79. The van der Waals surface area contributed by atoms with E-state index in [1.807, 2.05) is 35.7 Å². The molecule has 0 aliphatic carbocycles. The molecule has 12 nitrogen and oxygen atoms in total. The number of benzene rings is 1. The Bertz CT molecular complexity index is 1620. The standard InChI is InChI=1S/C25H30N8O4S/c1-16-22(25(34)28-17-6-8-32(9-7-17)38(2,35)36)33-15-21(18-4-3-5-20-19(18)14-26-30-20)29-23(24(33)27-16)31-10-12-37-13-11-31/h3-5,14-15,17H,6-13H2,1-2H3,(H,26,30)(H,28,34). The number of morpholine rings is 1. The summed E-state index contributed by atoms with van der Waals surface area (Å²) in [5.74, 6) is 0.467. The largest absolute Gasteiger partial charge is 0.378 e. The van der Waals surface area contributed by atoms with Crippen molar-refractivity contribution in [3.8, 4) is 11.3 Å². The van der Waals surface area contributed by atoms with Gasteiger partial charge in [0.05, 0.1) is 42.6 Å². The van der Waals surface area contributed by atoms with Gasteiger partial charge in [-0.25, -0.2) is 22.7 Å². The summed E-state index contributed by atoms with van der Waals surface area (Å²) in [6.07, 6.45) is 5.98. The number of piperidine rings is 1. The first-order valence-corrected chi connectivity index (χ1v) is 14.6. The third-order valence-corrected chi connectivity index (χ3v) is 8.61. The van der Waals surface area contributed by atoms with Gasteiger partial charge in [0.15, 0.2) is 11.5 Å². The van der Waals surface area contributed by atoms with E-state index in [4.69, 9.17) is 14.7 Å². The van der Waals surface area contributed by atoms with Crippen LogP contribution in [-0.2, 0) is 14.8 Å². The summed E-state index contributed by atoms with van der Waals surface area (Å²) in [5.41, 5.74) is 4.17. The van der Waals surface area contributed by atoms with E-state index in [9.17, 15) is 13.2 Å². The van der Waals surface area contributed by atoms with Crippen LogP contribution in [0.4, 0.5) is 5.82 Å². The molecule has 0 atom stereocenters. The Hall–Kier alpha value is -3.55.